The van der Waals surface area contributed by atoms with Gasteiger partial charge in [0.25, 0.3) is 0 Å². The molecule has 0 radical (unpaired) electrons. The van der Waals surface area contributed by atoms with Gasteiger partial charge in [-0.2, -0.15) is 0 Å². The highest BCUT2D eigenvalue weighted by Gasteiger charge is 2.43. The Hall–Kier alpha value is -1.46. The zero-order valence-corrected chi connectivity index (χ0v) is 11.2. The molecule has 1 aromatic rings. The number of Topliss-reactive ketones (excluding diaryl/α,β-unsaturated/α-hetero) is 1. The predicted molar refractivity (Wildman–Crippen MR) is 72.0 cm³/mol. The van der Waals surface area contributed by atoms with E-state index in [4.69, 9.17) is 15.2 Å². The first kappa shape index (κ1) is 13.5. The molecule has 1 aromatic carbocycles. The topological polar surface area (TPSA) is 61.6 Å². The first-order valence-electron chi connectivity index (χ1n) is 6.91. The minimum atomic E-state index is -0.540. The number of carbonyl (C=O) groups excluding carboxylic acids is 1. The van der Waals surface area contributed by atoms with Gasteiger partial charge in [0, 0.05) is 31.1 Å². The Labute approximate surface area is 117 Å². The van der Waals surface area contributed by atoms with Crippen molar-refractivity contribution < 1.29 is 18.7 Å². The number of anilines is 1. The van der Waals surface area contributed by atoms with E-state index in [1.54, 1.807) is 6.07 Å². The van der Waals surface area contributed by atoms with Crippen LogP contribution >= 0.6 is 0 Å². The van der Waals surface area contributed by atoms with Gasteiger partial charge in [0.05, 0.1) is 17.9 Å². The summed E-state index contributed by atoms with van der Waals surface area (Å²) < 4.78 is 24.7. The number of nitrogen functional groups attached to an aromatic ring is 1. The van der Waals surface area contributed by atoms with Gasteiger partial charge in [-0.1, -0.05) is 6.07 Å². The second-order valence-electron chi connectivity index (χ2n) is 5.59. The summed E-state index contributed by atoms with van der Waals surface area (Å²) in [7, 11) is 0. The first-order chi connectivity index (χ1) is 9.61. The number of benzene rings is 1. The van der Waals surface area contributed by atoms with E-state index >= 15 is 0 Å². The van der Waals surface area contributed by atoms with Gasteiger partial charge in [-0.15, -0.1) is 0 Å². The summed E-state index contributed by atoms with van der Waals surface area (Å²) in [5.41, 5.74) is 5.58. The summed E-state index contributed by atoms with van der Waals surface area (Å²) >= 11 is 0. The van der Waals surface area contributed by atoms with Crippen LogP contribution in [0.15, 0.2) is 18.2 Å². The third kappa shape index (κ3) is 2.31. The van der Waals surface area contributed by atoms with Crippen LogP contribution in [0.3, 0.4) is 0 Å². The zero-order valence-electron chi connectivity index (χ0n) is 11.2. The van der Waals surface area contributed by atoms with E-state index in [0.717, 1.165) is 6.42 Å². The van der Waals surface area contributed by atoms with E-state index < -0.39 is 5.82 Å². The molecule has 5 heteroatoms. The molecule has 108 valence electrons. The van der Waals surface area contributed by atoms with Crippen molar-refractivity contribution in [3.63, 3.8) is 0 Å². The van der Waals surface area contributed by atoms with E-state index in [9.17, 15) is 9.18 Å². The molecule has 2 N–H and O–H groups in total. The summed E-state index contributed by atoms with van der Waals surface area (Å²) in [6.45, 7) is 1.74. The predicted octanol–water partition coefficient (Wildman–Crippen LogP) is 2.18. The highest BCUT2D eigenvalue weighted by molar-refractivity contribution is 6.02. The van der Waals surface area contributed by atoms with E-state index in [-0.39, 0.29) is 28.6 Å². The number of ether oxygens (including phenoxy) is 2. The number of nitrogens with two attached hydrogens (primary N) is 1. The molecule has 0 amide bonds. The minimum absolute atomic E-state index is 0.0549. The molecule has 0 aliphatic carbocycles. The van der Waals surface area contributed by atoms with Gasteiger partial charge in [-0.05, 0) is 25.0 Å². The van der Waals surface area contributed by atoms with E-state index in [0.29, 0.717) is 32.7 Å². The molecular formula is C15H18FNO3. The van der Waals surface area contributed by atoms with Crippen LogP contribution in [-0.4, -0.2) is 31.2 Å². The maximum atomic E-state index is 13.5. The van der Waals surface area contributed by atoms with Crippen molar-refractivity contribution in [1.82, 2.24) is 0 Å². The summed E-state index contributed by atoms with van der Waals surface area (Å²) in [6.07, 6.45) is 2.09. The Bertz CT molecular complexity index is 526. The number of halogens is 1. The molecule has 2 fully saturated rings. The van der Waals surface area contributed by atoms with Gasteiger partial charge >= 0.3 is 0 Å². The Kier molecular flexibility index (Phi) is 3.48. The molecule has 2 heterocycles. The maximum absolute atomic E-state index is 13.5. The number of para-hydroxylation sites is 1. The molecule has 2 aliphatic rings. The monoisotopic (exact) mass is 279 g/mol. The zero-order chi connectivity index (χ0) is 14.2. The molecule has 2 unspecified atom stereocenters. The fraction of sp³-hybridized carbons (Fsp3) is 0.533. The number of hydrogen-bond acceptors (Lipinski definition) is 4. The lowest BCUT2D eigenvalue weighted by atomic mass is 9.81. The number of carbonyl (C=O) groups is 1. The van der Waals surface area contributed by atoms with Crippen LogP contribution < -0.4 is 5.73 Å². The summed E-state index contributed by atoms with van der Waals surface area (Å²) in [5, 5.41) is 0. The number of rotatable bonds is 2. The summed E-state index contributed by atoms with van der Waals surface area (Å²) in [4.78, 5) is 12.6. The third-order valence-electron chi connectivity index (χ3n) is 4.25. The maximum Gasteiger partial charge on any atom is 0.168 e. The van der Waals surface area contributed by atoms with Crippen molar-refractivity contribution in [3.8, 4) is 0 Å². The second-order valence-corrected chi connectivity index (χ2v) is 5.59. The quantitative estimate of drug-likeness (QED) is 0.666. The number of ketones is 1. The normalized spacial score (nSPS) is 29.8. The van der Waals surface area contributed by atoms with Crippen LogP contribution in [-0.2, 0) is 9.47 Å². The minimum Gasteiger partial charge on any atom is -0.396 e. The van der Waals surface area contributed by atoms with Crippen molar-refractivity contribution in [3.05, 3.63) is 29.6 Å². The van der Waals surface area contributed by atoms with Gasteiger partial charge in [0.1, 0.15) is 5.82 Å². The summed E-state index contributed by atoms with van der Waals surface area (Å²) in [6, 6.07) is 4.38. The van der Waals surface area contributed by atoms with Crippen molar-refractivity contribution in [2.24, 2.45) is 5.92 Å². The molecule has 0 bridgehead atoms. The molecule has 3 rings (SSSR count). The van der Waals surface area contributed by atoms with Gasteiger partial charge in [-0.25, -0.2) is 4.39 Å². The Morgan fingerprint density at radius 3 is 3.00 bits per heavy atom. The molecule has 2 saturated heterocycles. The highest BCUT2D eigenvalue weighted by atomic mass is 19.1. The Morgan fingerprint density at radius 1 is 1.40 bits per heavy atom. The fourth-order valence-electron chi connectivity index (χ4n) is 3.09. The van der Waals surface area contributed by atoms with Crippen LogP contribution in [0.1, 0.15) is 29.6 Å². The standard InChI is InChI=1S/C15H18FNO3/c16-12-3-1-2-11(13(12)17)14(18)10-4-6-20-15(8-10)5-7-19-9-15/h1-3,10H,4-9,17H2. The Balaban J connectivity index is 1.81. The SMILES string of the molecule is Nc1c(F)cccc1C(=O)C1CCOC2(CCOC2)C1. The average Bonchev–Trinajstić information content (AvgIpc) is 2.89. The smallest absolute Gasteiger partial charge is 0.168 e. The van der Waals surface area contributed by atoms with Crippen molar-refractivity contribution in [2.45, 2.75) is 24.9 Å². The highest BCUT2D eigenvalue weighted by Crippen LogP contribution is 2.37. The molecule has 0 saturated carbocycles. The van der Waals surface area contributed by atoms with Crippen LogP contribution in [0, 0.1) is 11.7 Å². The molecule has 2 atom stereocenters. The van der Waals surface area contributed by atoms with Gasteiger partial charge in [-0.3, -0.25) is 4.79 Å². The second kappa shape index (κ2) is 5.14. The molecule has 20 heavy (non-hydrogen) atoms. The lowest BCUT2D eigenvalue weighted by molar-refractivity contribution is -0.0920. The van der Waals surface area contributed by atoms with Crippen molar-refractivity contribution in [2.75, 3.05) is 25.6 Å². The molecular weight excluding hydrogens is 261 g/mol. The first-order valence-corrected chi connectivity index (χ1v) is 6.91. The third-order valence-corrected chi connectivity index (χ3v) is 4.25. The van der Waals surface area contributed by atoms with Crippen LogP contribution in [0.5, 0.6) is 0 Å². The van der Waals surface area contributed by atoms with Crippen LogP contribution in [0.25, 0.3) is 0 Å². The van der Waals surface area contributed by atoms with Gasteiger partial charge < -0.3 is 15.2 Å². The largest absolute Gasteiger partial charge is 0.396 e. The van der Waals surface area contributed by atoms with Gasteiger partial charge in [0.15, 0.2) is 5.78 Å². The Morgan fingerprint density at radius 2 is 2.25 bits per heavy atom. The van der Waals surface area contributed by atoms with E-state index in [2.05, 4.69) is 0 Å². The molecule has 4 nitrogen and oxygen atoms in total. The van der Waals surface area contributed by atoms with Crippen molar-refractivity contribution >= 4 is 11.5 Å². The van der Waals surface area contributed by atoms with Crippen LogP contribution in [0.2, 0.25) is 0 Å². The van der Waals surface area contributed by atoms with Crippen LogP contribution in [0.4, 0.5) is 10.1 Å². The van der Waals surface area contributed by atoms with Gasteiger partial charge in [0.2, 0.25) is 0 Å². The fourth-order valence-corrected chi connectivity index (χ4v) is 3.09. The van der Waals surface area contributed by atoms with E-state index in [1.807, 2.05) is 0 Å². The molecule has 1 spiro atoms. The lowest BCUT2D eigenvalue weighted by Gasteiger charge is -2.36. The van der Waals surface area contributed by atoms with Crippen molar-refractivity contribution in [1.29, 1.82) is 0 Å². The number of hydrogen-bond donors (Lipinski definition) is 1. The molecule has 0 aromatic heterocycles. The van der Waals surface area contributed by atoms with E-state index in [1.165, 1.54) is 12.1 Å². The molecule has 2 aliphatic heterocycles. The summed E-state index contributed by atoms with van der Waals surface area (Å²) in [5.74, 6) is -0.798. The average molecular weight is 279 g/mol. The lowest BCUT2D eigenvalue weighted by Crippen LogP contribution is -2.42.